The highest BCUT2D eigenvalue weighted by molar-refractivity contribution is 5.78. The van der Waals surface area contributed by atoms with E-state index in [1.54, 1.807) is 11.1 Å². The lowest BCUT2D eigenvalue weighted by molar-refractivity contribution is -0.133. The number of rotatable bonds is 6. The Labute approximate surface area is 179 Å². The van der Waals surface area contributed by atoms with E-state index >= 15 is 0 Å². The minimum absolute atomic E-state index is 0.0706. The van der Waals surface area contributed by atoms with Crippen LogP contribution in [0.4, 0.5) is 21.8 Å². The number of aromatic nitrogens is 3. The van der Waals surface area contributed by atoms with Crippen LogP contribution >= 0.6 is 0 Å². The van der Waals surface area contributed by atoms with E-state index < -0.39 is 0 Å². The number of anilines is 3. The maximum Gasteiger partial charge on any atom is 0.260 e. The van der Waals surface area contributed by atoms with Crippen molar-refractivity contribution in [2.24, 2.45) is 0 Å². The van der Waals surface area contributed by atoms with Crippen LogP contribution in [0.1, 0.15) is 5.56 Å². The highest BCUT2D eigenvalue weighted by Gasteiger charge is 2.22. The molecule has 1 aliphatic rings. The van der Waals surface area contributed by atoms with E-state index in [2.05, 4.69) is 25.4 Å². The smallest absolute Gasteiger partial charge is 0.260 e. The summed E-state index contributed by atoms with van der Waals surface area (Å²) in [6.07, 6.45) is 1.79. The van der Waals surface area contributed by atoms with Gasteiger partial charge in [-0.05, 0) is 55.0 Å². The van der Waals surface area contributed by atoms with Gasteiger partial charge in [0.2, 0.25) is 0 Å². The quantitative estimate of drug-likeness (QED) is 0.654. The fraction of sp³-hybridized carbons (Fsp3) is 0.273. The summed E-state index contributed by atoms with van der Waals surface area (Å²) in [6.45, 7) is 4.36. The number of aryl methyl sites for hydroxylation is 1. The van der Waals surface area contributed by atoms with E-state index in [4.69, 9.17) is 4.74 Å². The second kappa shape index (κ2) is 9.38. The van der Waals surface area contributed by atoms with Crippen molar-refractivity contribution in [3.05, 3.63) is 66.1 Å². The molecule has 0 aliphatic carbocycles. The molecular weight excluding hydrogens is 399 g/mol. The zero-order chi connectivity index (χ0) is 21.6. The Hall–Kier alpha value is -3.75. The number of carbonyl (C=O) groups excluding carboxylic acids is 1. The van der Waals surface area contributed by atoms with Gasteiger partial charge in [-0.1, -0.05) is 6.07 Å². The summed E-state index contributed by atoms with van der Waals surface area (Å²) in [4.78, 5) is 20.5. The van der Waals surface area contributed by atoms with Crippen LogP contribution in [0.3, 0.4) is 0 Å². The minimum atomic E-state index is -0.339. The predicted octanol–water partition coefficient (Wildman–Crippen LogP) is 2.79. The summed E-state index contributed by atoms with van der Waals surface area (Å²) in [5.74, 6) is 2.12. The van der Waals surface area contributed by atoms with Crippen LogP contribution in [-0.2, 0) is 4.79 Å². The van der Waals surface area contributed by atoms with Gasteiger partial charge in [-0.25, -0.2) is 9.37 Å². The van der Waals surface area contributed by atoms with Gasteiger partial charge in [-0.15, -0.1) is 10.2 Å². The number of halogens is 1. The largest absolute Gasteiger partial charge is 0.484 e. The number of amides is 1. The topological polar surface area (TPSA) is 83.5 Å². The Kier molecular flexibility index (Phi) is 6.21. The van der Waals surface area contributed by atoms with Gasteiger partial charge in [-0.3, -0.25) is 4.79 Å². The van der Waals surface area contributed by atoms with Crippen molar-refractivity contribution in [2.75, 3.05) is 43.0 Å². The average molecular weight is 422 g/mol. The van der Waals surface area contributed by atoms with Crippen LogP contribution in [-0.4, -0.2) is 58.8 Å². The summed E-state index contributed by atoms with van der Waals surface area (Å²) in [6, 6.07) is 13.2. The van der Waals surface area contributed by atoms with Gasteiger partial charge in [0.1, 0.15) is 17.4 Å². The summed E-state index contributed by atoms with van der Waals surface area (Å²) < 4.78 is 18.4. The van der Waals surface area contributed by atoms with Crippen LogP contribution in [0.2, 0.25) is 0 Å². The second-order valence-electron chi connectivity index (χ2n) is 7.23. The molecule has 0 bridgehead atoms. The lowest BCUT2D eigenvalue weighted by Crippen LogP contribution is -2.50. The highest BCUT2D eigenvalue weighted by Crippen LogP contribution is 2.17. The molecular formula is C22H23FN6O2. The molecule has 1 fully saturated rings. The molecule has 0 spiro atoms. The van der Waals surface area contributed by atoms with Crippen LogP contribution in [0.5, 0.6) is 5.75 Å². The summed E-state index contributed by atoms with van der Waals surface area (Å²) in [5, 5.41) is 11.6. The number of nitrogens with zero attached hydrogens (tertiary/aromatic N) is 5. The molecule has 0 radical (unpaired) electrons. The summed E-state index contributed by atoms with van der Waals surface area (Å²) >= 11 is 0. The molecule has 1 aliphatic heterocycles. The molecule has 1 amide bonds. The van der Waals surface area contributed by atoms with Crippen LogP contribution in [0, 0.1) is 12.7 Å². The van der Waals surface area contributed by atoms with E-state index in [9.17, 15) is 9.18 Å². The molecule has 1 aromatic carbocycles. The Morgan fingerprint density at radius 1 is 1.00 bits per heavy atom. The number of nitrogens with one attached hydrogen (secondary N) is 1. The van der Waals surface area contributed by atoms with E-state index in [1.807, 2.05) is 31.2 Å². The summed E-state index contributed by atoms with van der Waals surface area (Å²) in [7, 11) is 0. The average Bonchev–Trinajstić information content (AvgIpc) is 2.81. The molecule has 3 aromatic rings. The lowest BCUT2D eigenvalue weighted by atomic mass is 10.3. The number of hydrogen-bond acceptors (Lipinski definition) is 7. The maximum absolute atomic E-state index is 12.9. The Balaban J connectivity index is 1.25. The van der Waals surface area contributed by atoms with Gasteiger partial charge >= 0.3 is 0 Å². The van der Waals surface area contributed by atoms with Gasteiger partial charge in [0.15, 0.2) is 18.2 Å². The molecule has 31 heavy (non-hydrogen) atoms. The number of hydrogen-bond donors (Lipinski definition) is 1. The van der Waals surface area contributed by atoms with Gasteiger partial charge < -0.3 is 19.9 Å². The molecule has 4 rings (SSSR count). The molecule has 0 unspecified atom stereocenters. The standard InChI is InChI=1S/C22H23FN6O2/c1-16-2-7-19(24-14-16)25-20-8-9-21(27-26-20)28-10-12-29(13-11-28)22(30)15-31-18-5-3-17(23)4-6-18/h2-9,14H,10-13,15H2,1H3,(H,24,25,26). The van der Waals surface area contributed by atoms with E-state index in [1.165, 1.54) is 24.3 Å². The number of pyridine rings is 1. The van der Waals surface area contributed by atoms with E-state index in [0.717, 1.165) is 11.4 Å². The van der Waals surface area contributed by atoms with Crippen LogP contribution in [0.25, 0.3) is 0 Å². The van der Waals surface area contributed by atoms with Gasteiger partial charge in [0.25, 0.3) is 5.91 Å². The van der Waals surface area contributed by atoms with Crippen molar-refractivity contribution in [2.45, 2.75) is 6.92 Å². The zero-order valence-corrected chi connectivity index (χ0v) is 17.2. The van der Waals surface area contributed by atoms with Crippen molar-refractivity contribution in [3.63, 3.8) is 0 Å². The number of piperazine rings is 1. The van der Waals surface area contributed by atoms with Crippen molar-refractivity contribution in [1.82, 2.24) is 20.1 Å². The fourth-order valence-corrected chi connectivity index (χ4v) is 3.19. The van der Waals surface area contributed by atoms with Crippen molar-refractivity contribution >= 4 is 23.4 Å². The van der Waals surface area contributed by atoms with Gasteiger partial charge in [-0.2, -0.15) is 0 Å². The molecule has 160 valence electrons. The third-order valence-electron chi connectivity index (χ3n) is 4.95. The van der Waals surface area contributed by atoms with Crippen LogP contribution in [0.15, 0.2) is 54.7 Å². The Bertz CT molecular complexity index is 1000. The third-order valence-corrected chi connectivity index (χ3v) is 4.95. The van der Waals surface area contributed by atoms with Gasteiger partial charge in [0, 0.05) is 32.4 Å². The summed E-state index contributed by atoms with van der Waals surface area (Å²) in [5.41, 5.74) is 1.09. The number of benzene rings is 1. The molecule has 9 heteroatoms. The molecule has 0 saturated carbocycles. The maximum atomic E-state index is 12.9. The molecule has 1 N–H and O–H groups in total. The monoisotopic (exact) mass is 422 g/mol. The Morgan fingerprint density at radius 2 is 1.74 bits per heavy atom. The van der Waals surface area contributed by atoms with Gasteiger partial charge in [0.05, 0.1) is 0 Å². The molecule has 3 heterocycles. The normalized spacial score (nSPS) is 13.7. The lowest BCUT2D eigenvalue weighted by Gasteiger charge is -2.35. The van der Waals surface area contributed by atoms with E-state index in [-0.39, 0.29) is 18.3 Å². The Morgan fingerprint density at radius 3 is 2.39 bits per heavy atom. The second-order valence-corrected chi connectivity index (χ2v) is 7.23. The molecule has 8 nitrogen and oxygen atoms in total. The molecule has 1 saturated heterocycles. The van der Waals surface area contributed by atoms with Crippen molar-refractivity contribution in [3.8, 4) is 5.75 Å². The third kappa shape index (κ3) is 5.44. The molecule has 2 aromatic heterocycles. The predicted molar refractivity (Wildman–Crippen MR) is 115 cm³/mol. The first-order valence-electron chi connectivity index (χ1n) is 10.0. The highest BCUT2D eigenvalue weighted by atomic mass is 19.1. The van der Waals surface area contributed by atoms with Crippen molar-refractivity contribution in [1.29, 1.82) is 0 Å². The first kappa shape index (κ1) is 20.5. The van der Waals surface area contributed by atoms with E-state index in [0.29, 0.717) is 43.6 Å². The van der Waals surface area contributed by atoms with Crippen LogP contribution < -0.4 is 15.0 Å². The number of carbonyl (C=O) groups is 1. The first-order chi connectivity index (χ1) is 15.1. The zero-order valence-electron chi connectivity index (χ0n) is 17.2. The molecule has 0 atom stereocenters. The first-order valence-corrected chi connectivity index (χ1v) is 10.0. The minimum Gasteiger partial charge on any atom is -0.484 e. The van der Waals surface area contributed by atoms with Crippen molar-refractivity contribution < 1.29 is 13.9 Å². The SMILES string of the molecule is Cc1ccc(Nc2ccc(N3CCN(C(=O)COc4ccc(F)cc4)CC3)nn2)nc1. The fourth-order valence-electron chi connectivity index (χ4n) is 3.19. The number of ether oxygens (including phenoxy) is 1.